The molecular weight excluding hydrogens is 392 g/mol. The van der Waals surface area contributed by atoms with E-state index in [1.54, 1.807) is 6.08 Å². The fourth-order valence-electron chi connectivity index (χ4n) is 2.14. The highest BCUT2D eigenvalue weighted by molar-refractivity contribution is 6.06. The van der Waals surface area contributed by atoms with E-state index < -0.39 is 41.1 Å². The molecule has 0 unspecified atom stereocenters. The van der Waals surface area contributed by atoms with Crippen molar-refractivity contribution < 1.29 is 29.0 Å². The zero-order valence-corrected chi connectivity index (χ0v) is 16.0. The van der Waals surface area contributed by atoms with Crippen molar-refractivity contribution in [2.45, 2.75) is 6.42 Å². The van der Waals surface area contributed by atoms with Crippen LogP contribution < -0.4 is 10.9 Å². The highest BCUT2D eigenvalue weighted by atomic mass is 16.4. The molecule has 156 valence electrons. The normalized spacial score (nSPS) is 11.4. The number of ketones is 1. The van der Waals surface area contributed by atoms with Gasteiger partial charge < -0.3 is 19.9 Å². The highest BCUT2D eigenvalue weighted by Gasteiger charge is 2.20. The number of hydrogen-bond acceptors (Lipinski definition) is 7. The third-order valence-electron chi connectivity index (χ3n) is 3.53. The number of aliphatic carboxylic acids is 1. The van der Waals surface area contributed by atoms with E-state index >= 15 is 0 Å². The number of aromatic hydroxyl groups is 1. The molecule has 9 nitrogen and oxygen atoms in total. The Morgan fingerprint density at radius 2 is 1.87 bits per heavy atom. The van der Waals surface area contributed by atoms with E-state index in [2.05, 4.69) is 30.2 Å². The average molecular weight is 412 g/mol. The Morgan fingerprint density at radius 1 is 1.17 bits per heavy atom. The monoisotopic (exact) mass is 412 g/mol. The molecule has 30 heavy (non-hydrogen) atoms. The van der Waals surface area contributed by atoms with Crippen molar-refractivity contribution in [3.8, 4) is 5.75 Å². The summed E-state index contributed by atoms with van der Waals surface area (Å²) in [6.07, 6.45) is 9.55. The number of carboxylic acid groups (broad SMARTS) is 1. The number of carbonyl (C=O) groups excluding carboxylic acids is 2. The molecule has 0 bridgehead atoms. The molecule has 0 atom stereocenters. The summed E-state index contributed by atoms with van der Waals surface area (Å²) in [6, 6.07) is 0. The molecule has 9 heteroatoms. The van der Waals surface area contributed by atoms with Gasteiger partial charge in [-0.05, 0) is 31.4 Å². The number of allylic oxidation sites excluding steroid dienone is 5. The Hall–Kier alpha value is -4.27. The summed E-state index contributed by atoms with van der Waals surface area (Å²) < 4.78 is 4.95. The molecule has 1 rings (SSSR count). The summed E-state index contributed by atoms with van der Waals surface area (Å²) in [5.41, 5.74) is -1.54. The standard InChI is InChI=1S/C21H20N2O7/c1-4-13-16(5-2)30-21(29)18(19(13)27)15(24)11-9-7-6-8-10-14(22-3)20(28)23-12-17(25)26/h4-6,8-11,27H,1-3,7,12H2,(H,23,28)(H,25,26)/b8-6-,11-9+,14-10-. The van der Waals surface area contributed by atoms with Crippen molar-refractivity contribution in [2.75, 3.05) is 6.54 Å². The maximum Gasteiger partial charge on any atom is 0.351 e. The number of aliphatic imine (C=N–C) groups is 1. The van der Waals surface area contributed by atoms with Crippen LogP contribution in [-0.4, -0.2) is 41.1 Å². The zero-order chi connectivity index (χ0) is 22.7. The van der Waals surface area contributed by atoms with Crippen LogP contribution in [0.3, 0.4) is 0 Å². The van der Waals surface area contributed by atoms with Crippen LogP contribution in [0.2, 0.25) is 0 Å². The van der Waals surface area contributed by atoms with E-state index in [0.717, 1.165) is 6.08 Å². The Kier molecular flexibility index (Phi) is 9.15. The number of carboxylic acids is 1. The second-order valence-electron chi connectivity index (χ2n) is 5.52. The van der Waals surface area contributed by atoms with Gasteiger partial charge in [0.15, 0.2) is 5.78 Å². The van der Waals surface area contributed by atoms with Crippen molar-refractivity contribution in [1.29, 1.82) is 0 Å². The smallest absolute Gasteiger partial charge is 0.351 e. The van der Waals surface area contributed by atoms with Crippen molar-refractivity contribution in [1.82, 2.24) is 5.32 Å². The van der Waals surface area contributed by atoms with Crippen LogP contribution in [0, 0.1) is 0 Å². The van der Waals surface area contributed by atoms with Crippen molar-refractivity contribution in [3.05, 3.63) is 76.5 Å². The zero-order valence-electron chi connectivity index (χ0n) is 16.0. The maximum atomic E-state index is 12.2. The number of carbonyl (C=O) groups is 3. The van der Waals surface area contributed by atoms with Gasteiger partial charge in [-0.1, -0.05) is 37.5 Å². The fourth-order valence-corrected chi connectivity index (χ4v) is 2.14. The quantitative estimate of drug-likeness (QED) is 0.218. The number of nitrogens with zero attached hydrogens (tertiary/aromatic N) is 1. The van der Waals surface area contributed by atoms with Crippen LogP contribution in [0.15, 0.2) is 63.4 Å². The summed E-state index contributed by atoms with van der Waals surface area (Å²) in [4.78, 5) is 49.8. The van der Waals surface area contributed by atoms with E-state index in [-0.39, 0.29) is 23.4 Å². The maximum absolute atomic E-state index is 12.2. The molecule has 1 amide bonds. The lowest BCUT2D eigenvalue weighted by molar-refractivity contribution is -0.137. The first-order valence-electron chi connectivity index (χ1n) is 8.46. The van der Waals surface area contributed by atoms with Gasteiger partial charge in [-0.15, -0.1) is 0 Å². The van der Waals surface area contributed by atoms with E-state index in [1.807, 2.05) is 0 Å². The number of rotatable bonds is 11. The SMILES string of the molecule is C=Cc1oc(=O)c(C(=O)/C=C/C/C=C\C=C(/N=C)C(=O)NCC(=O)O)c(O)c1C=C. The lowest BCUT2D eigenvalue weighted by Gasteiger charge is -2.05. The Labute approximate surface area is 171 Å². The predicted octanol–water partition coefficient (Wildman–Crippen LogP) is 2.10. The molecule has 0 spiro atoms. The fraction of sp³-hybridized carbons (Fsp3) is 0.0952. The first-order valence-corrected chi connectivity index (χ1v) is 8.46. The van der Waals surface area contributed by atoms with Gasteiger partial charge in [0.25, 0.3) is 5.91 Å². The Morgan fingerprint density at radius 3 is 2.43 bits per heavy atom. The molecule has 0 saturated carbocycles. The van der Waals surface area contributed by atoms with Crippen LogP contribution in [0.5, 0.6) is 5.75 Å². The van der Waals surface area contributed by atoms with Crippen LogP contribution in [0.4, 0.5) is 0 Å². The molecule has 0 saturated heterocycles. The highest BCUT2D eigenvalue weighted by Crippen LogP contribution is 2.25. The van der Waals surface area contributed by atoms with Gasteiger partial charge >= 0.3 is 11.6 Å². The van der Waals surface area contributed by atoms with Crippen LogP contribution in [0.25, 0.3) is 12.2 Å². The molecule has 0 aliphatic carbocycles. The molecule has 3 N–H and O–H groups in total. The van der Waals surface area contributed by atoms with Gasteiger partial charge in [-0.2, -0.15) is 0 Å². The largest absolute Gasteiger partial charge is 0.506 e. The molecular formula is C21H20N2O7. The number of hydrogen-bond donors (Lipinski definition) is 3. The second kappa shape index (κ2) is 11.5. The summed E-state index contributed by atoms with van der Waals surface area (Å²) in [6.45, 7) is 9.63. The van der Waals surface area contributed by atoms with E-state index in [4.69, 9.17) is 9.52 Å². The summed E-state index contributed by atoms with van der Waals surface area (Å²) >= 11 is 0. The molecule has 0 aromatic carbocycles. The van der Waals surface area contributed by atoms with Gasteiger partial charge in [0.05, 0.1) is 5.56 Å². The second-order valence-corrected chi connectivity index (χ2v) is 5.52. The minimum absolute atomic E-state index is 0.00164. The lowest BCUT2D eigenvalue weighted by Crippen LogP contribution is -2.29. The molecule has 0 aliphatic heterocycles. The van der Waals surface area contributed by atoms with Crippen molar-refractivity contribution in [2.24, 2.45) is 4.99 Å². The summed E-state index contributed by atoms with van der Waals surface area (Å²) in [7, 11) is 0. The minimum Gasteiger partial charge on any atom is -0.506 e. The average Bonchev–Trinajstić information content (AvgIpc) is 2.70. The molecule has 1 aromatic rings. The Bertz CT molecular complexity index is 1030. The third kappa shape index (κ3) is 6.41. The molecule has 1 aromatic heterocycles. The minimum atomic E-state index is -1.20. The number of nitrogens with one attached hydrogen (secondary N) is 1. The molecule has 0 radical (unpaired) electrons. The van der Waals surface area contributed by atoms with Gasteiger partial charge in [0, 0.05) is 0 Å². The molecule has 0 aliphatic rings. The Balaban J connectivity index is 2.85. The van der Waals surface area contributed by atoms with Crippen LogP contribution >= 0.6 is 0 Å². The van der Waals surface area contributed by atoms with E-state index in [9.17, 15) is 24.3 Å². The molecule has 1 heterocycles. The van der Waals surface area contributed by atoms with Gasteiger partial charge in [0.2, 0.25) is 0 Å². The first kappa shape index (κ1) is 23.8. The van der Waals surface area contributed by atoms with Gasteiger partial charge in [-0.25, -0.2) is 4.79 Å². The van der Waals surface area contributed by atoms with Crippen LogP contribution in [-0.2, 0) is 9.59 Å². The summed E-state index contributed by atoms with van der Waals surface area (Å²) in [5.74, 6) is -3.20. The lowest BCUT2D eigenvalue weighted by atomic mass is 10.1. The topological polar surface area (TPSA) is 146 Å². The van der Waals surface area contributed by atoms with Crippen molar-refractivity contribution in [3.63, 3.8) is 0 Å². The van der Waals surface area contributed by atoms with E-state index in [0.29, 0.717) is 0 Å². The van der Waals surface area contributed by atoms with Crippen LogP contribution in [0.1, 0.15) is 28.1 Å². The third-order valence-corrected chi connectivity index (χ3v) is 3.53. The molecule has 0 fully saturated rings. The summed E-state index contributed by atoms with van der Waals surface area (Å²) in [5, 5.41) is 20.8. The first-order chi connectivity index (χ1) is 14.3. The predicted molar refractivity (Wildman–Crippen MR) is 112 cm³/mol. The van der Waals surface area contributed by atoms with E-state index in [1.165, 1.54) is 30.4 Å². The van der Waals surface area contributed by atoms with Gasteiger partial charge in [0.1, 0.15) is 29.3 Å². The number of amides is 1. The van der Waals surface area contributed by atoms with Crippen molar-refractivity contribution >= 4 is 36.5 Å². The van der Waals surface area contributed by atoms with Gasteiger partial charge in [-0.3, -0.25) is 19.4 Å².